The van der Waals surface area contributed by atoms with Crippen LogP contribution in [0.15, 0.2) is 85.1 Å². The third kappa shape index (κ3) is 57.4. The molecule has 0 saturated carbocycles. The van der Waals surface area contributed by atoms with Crippen LogP contribution in [-0.4, -0.2) is 73.4 Å². The van der Waals surface area contributed by atoms with Crippen molar-refractivity contribution in [2.24, 2.45) is 0 Å². The lowest BCUT2D eigenvalue weighted by Gasteiger charge is -2.26. The summed E-state index contributed by atoms with van der Waals surface area (Å²) in [7, 11) is 1.60. The van der Waals surface area contributed by atoms with E-state index in [-0.39, 0.29) is 19.1 Å². The van der Waals surface area contributed by atoms with Gasteiger partial charge in [-0.1, -0.05) is 279 Å². The predicted octanol–water partition coefficient (Wildman–Crippen LogP) is 19.2. The van der Waals surface area contributed by atoms with Gasteiger partial charge in [-0.15, -0.1) is 0 Å². The lowest BCUT2D eigenvalue weighted by atomic mass is 10.0. The Hall–Kier alpha value is -2.32. The van der Waals surface area contributed by atoms with Gasteiger partial charge in [0.25, 0.3) is 0 Å². The fraction of sp³-hybridized carbons (Fsp3) is 0.769. The molecule has 430 valence electrons. The monoisotopic (exact) mass is 1060 g/mol. The Bertz CT molecular complexity index is 1480. The van der Waals surface area contributed by atoms with E-state index in [1.165, 1.54) is 154 Å². The zero-order chi connectivity index (χ0) is 54.2. The minimum Gasteiger partial charge on any atom is -0.391 e. The van der Waals surface area contributed by atoms with Crippen LogP contribution >= 0.6 is 7.82 Å². The number of quaternary nitrogens is 1. The average molecular weight is 1060 g/mol. The molecule has 0 aliphatic carbocycles. The maximum absolute atomic E-state index is 13.0. The van der Waals surface area contributed by atoms with E-state index in [1.54, 1.807) is 0 Å². The Morgan fingerprint density at radius 1 is 0.473 bits per heavy atom. The number of unbranched alkanes of at least 4 members (excludes halogenated alkanes) is 29. The first-order valence-electron chi connectivity index (χ1n) is 31.0. The zero-order valence-corrected chi connectivity index (χ0v) is 50.0. The van der Waals surface area contributed by atoms with E-state index < -0.39 is 20.0 Å². The van der Waals surface area contributed by atoms with Crippen molar-refractivity contribution in [3.05, 3.63) is 85.1 Å². The first-order valence-corrected chi connectivity index (χ1v) is 32.4. The summed E-state index contributed by atoms with van der Waals surface area (Å²) in [5.74, 6) is -0.156. The number of carbonyl (C=O) groups excluding carboxylic acids is 1. The Morgan fingerprint density at radius 3 is 1.19 bits per heavy atom. The molecule has 74 heavy (non-hydrogen) atoms. The van der Waals surface area contributed by atoms with Crippen LogP contribution in [0.25, 0.3) is 0 Å². The van der Waals surface area contributed by atoms with E-state index in [0.29, 0.717) is 23.9 Å². The van der Waals surface area contributed by atoms with Crippen LogP contribution in [0.1, 0.15) is 271 Å². The van der Waals surface area contributed by atoms with Crippen LogP contribution in [0, 0.1) is 0 Å². The third-order valence-electron chi connectivity index (χ3n) is 13.7. The molecule has 0 aliphatic rings. The van der Waals surface area contributed by atoms with Crippen LogP contribution < -0.4 is 5.32 Å². The van der Waals surface area contributed by atoms with Crippen LogP contribution in [-0.2, 0) is 18.4 Å². The highest BCUT2D eigenvalue weighted by molar-refractivity contribution is 7.47. The van der Waals surface area contributed by atoms with Crippen LogP contribution in [0.4, 0.5) is 0 Å². The van der Waals surface area contributed by atoms with Crippen molar-refractivity contribution in [2.45, 2.75) is 283 Å². The van der Waals surface area contributed by atoms with Crippen LogP contribution in [0.5, 0.6) is 0 Å². The van der Waals surface area contributed by atoms with Gasteiger partial charge in [-0.05, 0) is 70.6 Å². The topological polar surface area (TPSA) is 105 Å². The largest absolute Gasteiger partial charge is 0.472 e. The van der Waals surface area contributed by atoms with E-state index in [9.17, 15) is 19.4 Å². The molecule has 0 aromatic carbocycles. The maximum Gasteiger partial charge on any atom is 0.472 e. The summed E-state index contributed by atoms with van der Waals surface area (Å²) in [5, 5.41) is 14.1. The number of nitrogens with one attached hydrogen (secondary N) is 1. The first-order chi connectivity index (χ1) is 36.0. The molecule has 0 spiro atoms. The molecule has 0 saturated heterocycles. The van der Waals surface area contributed by atoms with Crippen LogP contribution in [0.3, 0.4) is 0 Å². The molecule has 0 radical (unpaired) electrons. The van der Waals surface area contributed by atoms with Crippen molar-refractivity contribution in [3.63, 3.8) is 0 Å². The predicted molar refractivity (Wildman–Crippen MR) is 323 cm³/mol. The molecule has 0 aromatic heterocycles. The van der Waals surface area contributed by atoms with Crippen molar-refractivity contribution >= 4 is 13.7 Å². The zero-order valence-electron chi connectivity index (χ0n) is 49.1. The summed E-state index contributed by atoms with van der Waals surface area (Å²) >= 11 is 0. The summed E-state index contributed by atoms with van der Waals surface area (Å²) in [6.07, 6.45) is 77.9. The number of amides is 1. The SMILES string of the molecule is CC/C=C\C/C=C\C/C=C\C/C=C\C/C=C\C/C=C\C/C=C\CCCCCCCCCC(=O)NC(COP(=O)(O)OCC[N+](C)(C)C)C(O)CCCCCCCCCCCCCCCCCCCCCCCCC. The van der Waals surface area contributed by atoms with E-state index in [1.807, 2.05) is 21.1 Å². The van der Waals surface area contributed by atoms with Crippen molar-refractivity contribution in [1.82, 2.24) is 5.32 Å². The van der Waals surface area contributed by atoms with E-state index in [0.717, 1.165) is 89.9 Å². The summed E-state index contributed by atoms with van der Waals surface area (Å²) < 4.78 is 23.8. The Kier molecular flexibility index (Phi) is 53.7. The molecule has 0 heterocycles. The van der Waals surface area contributed by atoms with Gasteiger partial charge in [0.2, 0.25) is 5.91 Å². The summed E-state index contributed by atoms with van der Waals surface area (Å²) in [6.45, 7) is 4.79. The number of rotatable bonds is 56. The summed E-state index contributed by atoms with van der Waals surface area (Å²) in [5.41, 5.74) is 0. The summed E-state index contributed by atoms with van der Waals surface area (Å²) in [6, 6.07) is -0.774. The van der Waals surface area contributed by atoms with E-state index in [4.69, 9.17) is 9.05 Å². The fourth-order valence-electron chi connectivity index (χ4n) is 8.85. The molecule has 3 atom stereocenters. The number of carbonyl (C=O) groups is 1. The standard InChI is InChI=1S/C65H119N2O6P/c1-6-8-10-12-14-16-18-20-22-24-26-28-30-31-32-33-34-35-37-39-41-43-45-47-49-51-53-55-57-59-65(69)66-63(62-73-74(70,71)72-61-60-67(3,4)5)64(68)58-56-54-52-50-48-46-44-42-40-38-36-29-27-25-23-21-19-17-15-13-11-9-7-2/h8,10,14,16,20,22,26,28,31-32,34-35,39,41,63-64,68H,6-7,9,11-13,15,17-19,21,23-25,27,29-30,33,36-38,40,42-62H2,1-5H3,(H-,66,69,70,71)/p+1/b10-8-,16-14-,22-20-,28-26-,32-31-,35-34-,41-39-. The number of hydrogen-bond acceptors (Lipinski definition) is 5. The molecule has 0 aromatic rings. The van der Waals surface area contributed by atoms with Crippen molar-refractivity contribution < 1.29 is 32.9 Å². The number of nitrogens with zero attached hydrogens (tertiary/aromatic N) is 1. The average Bonchev–Trinajstić information content (AvgIpc) is 3.36. The van der Waals surface area contributed by atoms with E-state index in [2.05, 4.69) is 104 Å². The lowest BCUT2D eigenvalue weighted by molar-refractivity contribution is -0.870. The van der Waals surface area contributed by atoms with Crippen molar-refractivity contribution in [2.75, 3.05) is 40.9 Å². The van der Waals surface area contributed by atoms with Gasteiger partial charge in [-0.2, -0.15) is 0 Å². The van der Waals surface area contributed by atoms with Gasteiger partial charge < -0.3 is 19.8 Å². The molecule has 3 N–H and O–H groups in total. The Morgan fingerprint density at radius 2 is 0.811 bits per heavy atom. The molecule has 0 aliphatic heterocycles. The number of likely N-dealkylation sites (N-methyl/N-ethyl adjacent to an activating group) is 1. The quantitative estimate of drug-likeness (QED) is 0.0243. The normalized spacial score (nSPS) is 14.4. The second-order valence-electron chi connectivity index (χ2n) is 22.1. The molecule has 3 unspecified atom stereocenters. The highest BCUT2D eigenvalue weighted by Crippen LogP contribution is 2.43. The highest BCUT2D eigenvalue weighted by atomic mass is 31.2. The van der Waals surface area contributed by atoms with Gasteiger partial charge in [-0.25, -0.2) is 4.57 Å². The van der Waals surface area contributed by atoms with Gasteiger partial charge >= 0.3 is 7.82 Å². The molecule has 1 amide bonds. The number of phosphoric acid groups is 1. The van der Waals surface area contributed by atoms with Gasteiger partial charge in [0.15, 0.2) is 0 Å². The molecular weight excluding hydrogens is 936 g/mol. The second-order valence-corrected chi connectivity index (χ2v) is 23.5. The lowest BCUT2D eigenvalue weighted by Crippen LogP contribution is -2.46. The van der Waals surface area contributed by atoms with Gasteiger partial charge in [0.05, 0.1) is 39.9 Å². The number of aliphatic hydroxyl groups excluding tert-OH is 1. The van der Waals surface area contributed by atoms with E-state index >= 15 is 0 Å². The number of allylic oxidation sites excluding steroid dienone is 14. The Labute approximate surface area is 458 Å². The van der Waals surface area contributed by atoms with Gasteiger partial charge in [-0.3, -0.25) is 13.8 Å². The van der Waals surface area contributed by atoms with Crippen molar-refractivity contribution in [3.8, 4) is 0 Å². The molecule has 0 fully saturated rings. The number of aliphatic hydroxyl groups is 1. The number of phosphoric ester groups is 1. The van der Waals surface area contributed by atoms with Crippen LogP contribution in [0.2, 0.25) is 0 Å². The fourth-order valence-corrected chi connectivity index (χ4v) is 9.59. The number of hydrogen-bond donors (Lipinski definition) is 3. The minimum atomic E-state index is -4.34. The van der Waals surface area contributed by atoms with Crippen molar-refractivity contribution in [1.29, 1.82) is 0 Å². The molecule has 9 heteroatoms. The Balaban J connectivity index is 4.19. The smallest absolute Gasteiger partial charge is 0.391 e. The molecule has 0 bridgehead atoms. The first kappa shape index (κ1) is 71.7. The molecular formula is C65H120N2O6P+. The molecule has 0 rings (SSSR count). The maximum atomic E-state index is 13.0. The van der Waals surface area contributed by atoms with Gasteiger partial charge in [0.1, 0.15) is 13.2 Å². The summed E-state index contributed by atoms with van der Waals surface area (Å²) in [4.78, 5) is 23.4. The second kappa shape index (κ2) is 55.4. The molecule has 8 nitrogen and oxygen atoms in total. The highest BCUT2D eigenvalue weighted by Gasteiger charge is 2.28. The third-order valence-corrected chi connectivity index (χ3v) is 14.6. The van der Waals surface area contributed by atoms with Gasteiger partial charge in [0, 0.05) is 6.42 Å². The minimum absolute atomic E-state index is 0.0686.